The number of aliphatic hydroxyl groups is 2. The quantitative estimate of drug-likeness (QED) is 0.712. The molecule has 0 bridgehead atoms. The average molecular weight is 220 g/mol. The van der Waals surface area contributed by atoms with Gasteiger partial charge in [-0.1, -0.05) is 6.07 Å². The van der Waals surface area contributed by atoms with E-state index < -0.39 is 6.29 Å². The third-order valence-corrected chi connectivity index (χ3v) is 2.21. The first-order chi connectivity index (χ1) is 7.66. The minimum atomic E-state index is -1.63. The zero-order valence-electron chi connectivity index (χ0n) is 8.78. The Balaban J connectivity index is 2.18. The van der Waals surface area contributed by atoms with Crippen LogP contribution in [0.5, 0.6) is 0 Å². The van der Waals surface area contributed by atoms with Gasteiger partial charge in [-0.05, 0) is 18.6 Å². The van der Waals surface area contributed by atoms with Gasteiger partial charge in [0.15, 0.2) is 0 Å². The summed E-state index contributed by atoms with van der Waals surface area (Å²) in [5, 5.41) is 21.6. The molecular weight excluding hydrogens is 208 g/mol. The molecule has 2 rings (SSSR count). The van der Waals surface area contributed by atoms with Crippen molar-refractivity contribution in [3.63, 3.8) is 0 Å². The maximum Gasteiger partial charge on any atom is 0.216 e. The normalized spacial score (nSPS) is 11.0. The number of rotatable bonds is 3. The minimum absolute atomic E-state index is 0.00594. The zero-order chi connectivity index (χ0) is 11.5. The SMILES string of the molecule is Cc1cccnc1Cn1cnc(C(O)O)n1. The Hall–Kier alpha value is -1.79. The molecule has 0 amide bonds. The maximum absolute atomic E-state index is 8.86. The summed E-state index contributed by atoms with van der Waals surface area (Å²) < 4.78 is 1.52. The van der Waals surface area contributed by atoms with Gasteiger partial charge in [-0.25, -0.2) is 9.67 Å². The highest BCUT2D eigenvalue weighted by Gasteiger charge is 2.09. The Morgan fingerprint density at radius 2 is 2.19 bits per heavy atom. The van der Waals surface area contributed by atoms with E-state index >= 15 is 0 Å². The van der Waals surface area contributed by atoms with Gasteiger partial charge in [-0.2, -0.15) is 5.10 Å². The first-order valence-electron chi connectivity index (χ1n) is 4.83. The molecule has 6 heteroatoms. The van der Waals surface area contributed by atoms with Crippen LogP contribution in [0, 0.1) is 6.92 Å². The molecule has 0 radical (unpaired) electrons. The third kappa shape index (κ3) is 2.23. The molecule has 0 aliphatic rings. The highest BCUT2D eigenvalue weighted by atomic mass is 16.5. The summed E-state index contributed by atoms with van der Waals surface area (Å²) in [6.07, 6.45) is 1.52. The van der Waals surface area contributed by atoms with Crippen molar-refractivity contribution in [1.29, 1.82) is 0 Å². The highest BCUT2D eigenvalue weighted by Crippen LogP contribution is 2.06. The molecule has 0 atom stereocenters. The zero-order valence-corrected chi connectivity index (χ0v) is 8.78. The van der Waals surface area contributed by atoms with Crippen LogP contribution in [-0.4, -0.2) is 30.0 Å². The monoisotopic (exact) mass is 220 g/mol. The molecule has 2 heterocycles. The van der Waals surface area contributed by atoms with E-state index in [4.69, 9.17) is 10.2 Å². The van der Waals surface area contributed by atoms with Crippen LogP contribution in [0.1, 0.15) is 23.4 Å². The van der Waals surface area contributed by atoms with Crippen molar-refractivity contribution < 1.29 is 10.2 Å². The second-order valence-electron chi connectivity index (χ2n) is 3.44. The van der Waals surface area contributed by atoms with Crippen molar-refractivity contribution in [3.8, 4) is 0 Å². The van der Waals surface area contributed by atoms with Crippen molar-refractivity contribution in [2.45, 2.75) is 19.8 Å². The molecule has 0 fully saturated rings. The minimum Gasteiger partial charge on any atom is -0.362 e. The standard InChI is InChI=1S/C10H12N4O2/c1-7-3-2-4-11-8(7)5-14-6-12-9(13-14)10(15)16/h2-4,6,10,15-16H,5H2,1H3. The van der Waals surface area contributed by atoms with Gasteiger partial charge in [-0.3, -0.25) is 4.98 Å². The summed E-state index contributed by atoms with van der Waals surface area (Å²) >= 11 is 0. The topological polar surface area (TPSA) is 84.1 Å². The van der Waals surface area contributed by atoms with E-state index in [0.717, 1.165) is 11.3 Å². The fourth-order valence-corrected chi connectivity index (χ4v) is 1.34. The number of aryl methyl sites for hydroxylation is 1. The largest absolute Gasteiger partial charge is 0.362 e. The van der Waals surface area contributed by atoms with Crippen molar-refractivity contribution in [1.82, 2.24) is 19.7 Å². The number of aliphatic hydroxyl groups excluding tert-OH is 1. The lowest BCUT2D eigenvalue weighted by atomic mass is 10.2. The molecular formula is C10H12N4O2. The number of nitrogens with zero attached hydrogens (tertiary/aromatic N) is 4. The van der Waals surface area contributed by atoms with E-state index in [-0.39, 0.29) is 5.82 Å². The summed E-state index contributed by atoms with van der Waals surface area (Å²) in [4.78, 5) is 7.98. The fraction of sp³-hybridized carbons (Fsp3) is 0.300. The first-order valence-corrected chi connectivity index (χ1v) is 4.83. The molecule has 16 heavy (non-hydrogen) atoms. The second kappa shape index (κ2) is 4.38. The maximum atomic E-state index is 8.86. The molecule has 0 unspecified atom stereocenters. The first kappa shape index (κ1) is 10.7. The lowest BCUT2D eigenvalue weighted by Crippen LogP contribution is -2.06. The van der Waals surface area contributed by atoms with Crippen LogP contribution in [0.25, 0.3) is 0 Å². The van der Waals surface area contributed by atoms with Gasteiger partial charge in [0.25, 0.3) is 0 Å². The van der Waals surface area contributed by atoms with E-state index in [1.54, 1.807) is 6.20 Å². The second-order valence-corrected chi connectivity index (χ2v) is 3.44. The Bertz CT molecular complexity index is 481. The Labute approximate surface area is 92.2 Å². The van der Waals surface area contributed by atoms with Crippen LogP contribution in [-0.2, 0) is 6.54 Å². The van der Waals surface area contributed by atoms with Crippen LogP contribution in [0.3, 0.4) is 0 Å². The lowest BCUT2D eigenvalue weighted by molar-refractivity contribution is -0.0494. The van der Waals surface area contributed by atoms with E-state index in [1.807, 2.05) is 19.1 Å². The fourth-order valence-electron chi connectivity index (χ4n) is 1.34. The molecule has 0 saturated carbocycles. The number of hydrogen-bond donors (Lipinski definition) is 2. The Morgan fingerprint density at radius 1 is 1.38 bits per heavy atom. The van der Waals surface area contributed by atoms with Gasteiger partial charge in [0.2, 0.25) is 12.1 Å². The van der Waals surface area contributed by atoms with Crippen molar-refractivity contribution >= 4 is 0 Å². The van der Waals surface area contributed by atoms with Gasteiger partial charge in [-0.15, -0.1) is 0 Å². The Morgan fingerprint density at radius 3 is 2.81 bits per heavy atom. The summed E-state index contributed by atoms with van der Waals surface area (Å²) in [5.41, 5.74) is 1.94. The van der Waals surface area contributed by atoms with Crippen molar-refractivity contribution in [2.24, 2.45) is 0 Å². The van der Waals surface area contributed by atoms with Gasteiger partial charge in [0.05, 0.1) is 12.2 Å². The van der Waals surface area contributed by atoms with Crippen molar-refractivity contribution in [2.75, 3.05) is 0 Å². The molecule has 6 nitrogen and oxygen atoms in total. The van der Waals surface area contributed by atoms with Crippen LogP contribution in [0.2, 0.25) is 0 Å². The van der Waals surface area contributed by atoms with Gasteiger partial charge >= 0.3 is 0 Å². The van der Waals surface area contributed by atoms with Crippen LogP contribution >= 0.6 is 0 Å². The van der Waals surface area contributed by atoms with E-state index in [2.05, 4.69) is 15.1 Å². The number of aromatic nitrogens is 4. The van der Waals surface area contributed by atoms with Gasteiger partial charge in [0, 0.05) is 6.20 Å². The van der Waals surface area contributed by atoms with Crippen LogP contribution in [0.15, 0.2) is 24.7 Å². The molecule has 0 spiro atoms. The van der Waals surface area contributed by atoms with Crippen LogP contribution in [0.4, 0.5) is 0 Å². The predicted molar refractivity (Wildman–Crippen MR) is 55.3 cm³/mol. The lowest BCUT2D eigenvalue weighted by Gasteiger charge is -2.03. The van der Waals surface area contributed by atoms with Crippen LogP contribution < -0.4 is 0 Å². The van der Waals surface area contributed by atoms with E-state index in [9.17, 15) is 0 Å². The summed E-state index contributed by atoms with van der Waals surface area (Å²) in [6.45, 7) is 2.42. The molecule has 0 aromatic carbocycles. The molecule has 2 aromatic heterocycles. The molecule has 2 aromatic rings. The molecule has 0 aliphatic heterocycles. The van der Waals surface area contributed by atoms with Gasteiger partial charge in [0.1, 0.15) is 6.33 Å². The smallest absolute Gasteiger partial charge is 0.216 e. The molecule has 84 valence electrons. The molecule has 0 saturated heterocycles. The third-order valence-electron chi connectivity index (χ3n) is 2.21. The van der Waals surface area contributed by atoms with Crippen molar-refractivity contribution in [3.05, 3.63) is 41.7 Å². The summed E-state index contributed by atoms with van der Waals surface area (Å²) in [7, 11) is 0. The predicted octanol–water partition coefficient (Wildman–Crippen LogP) is 0.0130. The molecule has 0 aliphatic carbocycles. The van der Waals surface area contributed by atoms with E-state index in [1.165, 1.54) is 11.0 Å². The van der Waals surface area contributed by atoms with E-state index in [0.29, 0.717) is 6.54 Å². The Kier molecular flexibility index (Phi) is 2.93. The number of pyridine rings is 1. The highest BCUT2D eigenvalue weighted by molar-refractivity contribution is 5.17. The van der Waals surface area contributed by atoms with Gasteiger partial charge < -0.3 is 10.2 Å². The molecule has 2 N–H and O–H groups in total. The summed E-state index contributed by atoms with van der Waals surface area (Å²) in [5.74, 6) is -0.00594. The number of hydrogen-bond acceptors (Lipinski definition) is 5. The average Bonchev–Trinajstić information content (AvgIpc) is 2.70. The summed E-state index contributed by atoms with van der Waals surface area (Å²) in [6, 6.07) is 3.82.